The summed E-state index contributed by atoms with van der Waals surface area (Å²) in [6.07, 6.45) is 4.10. The zero-order chi connectivity index (χ0) is 25.2. The van der Waals surface area contributed by atoms with Crippen LogP contribution in [-0.2, 0) is 0 Å². The smallest absolute Gasteiger partial charge is 0.268 e. The number of nitrogens with one attached hydrogen (secondary N) is 1. The average molecular weight is 504 g/mol. The number of halogens is 1. The lowest BCUT2D eigenvalue weighted by Gasteiger charge is -2.26. The van der Waals surface area contributed by atoms with Crippen molar-refractivity contribution in [2.75, 3.05) is 18.5 Å². The summed E-state index contributed by atoms with van der Waals surface area (Å²) in [5.41, 5.74) is 14.6. The molecule has 3 heterocycles. The predicted molar refractivity (Wildman–Crippen MR) is 138 cm³/mol. The van der Waals surface area contributed by atoms with Gasteiger partial charge < -0.3 is 21.5 Å². The first-order valence-corrected chi connectivity index (χ1v) is 12.0. The fraction of sp³-hybridized carbons (Fsp3) is 0.231. The van der Waals surface area contributed by atoms with Gasteiger partial charge in [0.15, 0.2) is 0 Å². The molecule has 2 aromatic carbocycles. The largest absolute Gasteiger partial charge is 0.493 e. The Hall–Kier alpha value is -3.95. The van der Waals surface area contributed by atoms with E-state index in [1.165, 1.54) is 0 Å². The van der Waals surface area contributed by atoms with Crippen molar-refractivity contribution in [3.05, 3.63) is 94.2 Å². The second kappa shape index (κ2) is 9.96. The Morgan fingerprint density at radius 1 is 1.25 bits per heavy atom. The molecule has 0 saturated heterocycles. The van der Waals surface area contributed by atoms with Crippen molar-refractivity contribution >= 4 is 23.5 Å². The number of carbonyl (C=O) groups is 1. The Morgan fingerprint density at radius 3 is 2.86 bits per heavy atom. The van der Waals surface area contributed by atoms with E-state index in [2.05, 4.69) is 15.3 Å². The SMILES string of the molecule is Cc1cnc(NC2CCOc3ccccc32)nc1-n1cc(C(N)=O)nc1[C@H](CN)c1cccc(Cl)c1. The van der Waals surface area contributed by atoms with Crippen LogP contribution in [0.4, 0.5) is 5.95 Å². The summed E-state index contributed by atoms with van der Waals surface area (Å²) in [6.45, 7) is 2.73. The van der Waals surface area contributed by atoms with Gasteiger partial charge in [-0.2, -0.15) is 4.98 Å². The molecule has 1 amide bonds. The molecule has 2 aromatic heterocycles. The van der Waals surface area contributed by atoms with Crippen molar-refractivity contribution in [1.29, 1.82) is 0 Å². The van der Waals surface area contributed by atoms with Gasteiger partial charge in [-0.25, -0.2) is 9.97 Å². The lowest BCUT2D eigenvalue weighted by molar-refractivity contribution is 0.0996. The molecule has 1 aliphatic rings. The van der Waals surface area contributed by atoms with Crippen molar-refractivity contribution < 1.29 is 9.53 Å². The van der Waals surface area contributed by atoms with Gasteiger partial charge in [-0.05, 0) is 30.7 Å². The molecule has 1 unspecified atom stereocenters. The number of nitrogens with two attached hydrogens (primary N) is 2. The molecule has 10 heteroatoms. The molecular formula is C26H26ClN7O2. The zero-order valence-electron chi connectivity index (χ0n) is 19.7. The van der Waals surface area contributed by atoms with E-state index in [0.29, 0.717) is 29.2 Å². The Balaban J connectivity index is 1.56. The standard InChI is InChI=1S/C26H26ClN7O2/c1-15-13-30-26(32-20-9-10-36-22-8-3-2-7-18(20)22)33-24(15)34-14-21(23(29)35)31-25(34)19(12-28)16-5-4-6-17(27)11-16/h2-8,11,13-14,19-20H,9-10,12,28H2,1H3,(H2,29,35)(H,30,32,33)/t19-,20?/m1/s1. The van der Waals surface area contributed by atoms with Gasteiger partial charge in [-0.1, -0.05) is 41.9 Å². The number of rotatable bonds is 7. The molecule has 0 saturated carbocycles. The first kappa shape index (κ1) is 23.8. The molecule has 2 atom stereocenters. The number of anilines is 1. The normalized spacial score (nSPS) is 15.6. The van der Waals surface area contributed by atoms with Crippen molar-refractivity contribution in [1.82, 2.24) is 19.5 Å². The summed E-state index contributed by atoms with van der Waals surface area (Å²) in [7, 11) is 0. The third kappa shape index (κ3) is 4.62. The highest BCUT2D eigenvalue weighted by Gasteiger charge is 2.25. The highest BCUT2D eigenvalue weighted by atomic mass is 35.5. The number of nitrogens with zero attached hydrogens (tertiary/aromatic N) is 4. The molecule has 5 rings (SSSR count). The third-order valence-corrected chi connectivity index (χ3v) is 6.45. The van der Waals surface area contributed by atoms with E-state index in [9.17, 15) is 4.79 Å². The van der Waals surface area contributed by atoms with Gasteiger partial charge in [0, 0.05) is 41.5 Å². The minimum absolute atomic E-state index is 0.00260. The quantitative estimate of drug-likeness (QED) is 0.349. The summed E-state index contributed by atoms with van der Waals surface area (Å²) < 4.78 is 7.54. The summed E-state index contributed by atoms with van der Waals surface area (Å²) in [6, 6.07) is 15.3. The fourth-order valence-corrected chi connectivity index (χ4v) is 4.64. The van der Waals surface area contributed by atoms with Gasteiger partial charge in [0.1, 0.15) is 23.1 Å². The number of para-hydroxylation sites is 1. The van der Waals surface area contributed by atoms with Crippen LogP contribution in [0.5, 0.6) is 5.75 Å². The van der Waals surface area contributed by atoms with Gasteiger partial charge >= 0.3 is 0 Å². The molecular weight excluding hydrogens is 478 g/mol. The Morgan fingerprint density at radius 2 is 2.08 bits per heavy atom. The second-order valence-corrected chi connectivity index (χ2v) is 9.07. The van der Waals surface area contributed by atoms with Gasteiger partial charge in [-0.3, -0.25) is 9.36 Å². The number of ether oxygens (including phenoxy) is 1. The van der Waals surface area contributed by atoms with E-state index < -0.39 is 5.91 Å². The molecule has 9 nitrogen and oxygen atoms in total. The summed E-state index contributed by atoms with van der Waals surface area (Å²) >= 11 is 6.24. The summed E-state index contributed by atoms with van der Waals surface area (Å²) in [5.74, 6) is 1.43. The number of carbonyl (C=O) groups excluding carboxylic acids is 1. The molecule has 5 N–H and O–H groups in total. The Labute approximate surface area is 213 Å². The number of primary amides is 1. The molecule has 4 aromatic rings. The van der Waals surface area contributed by atoms with Gasteiger partial charge in [0.05, 0.1) is 18.6 Å². The third-order valence-electron chi connectivity index (χ3n) is 6.22. The Kier molecular flexibility index (Phi) is 6.58. The van der Waals surface area contributed by atoms with Gasteiger partial charge in [0.2, 0.25) is 5.95 Å². The van der Waals surface area contributed by atoms with E-state index in [-0.39, 0.29) is 24.2 Å². The lowest BCUT2D eigenvalue weighted by atomic mass is 9.98. The monoisotopic (exact) mass is 503 g/mol. The number of fused-ring (bicyclic) bond motifs is 1. The number of hydrogen-bond donors (Lipinski definition) is 3. The van der Waals surface area contributed by atoms with E-state index in [1.807, 2.05) is 49.4 Å². The number of aromatic nitrogens is 4. The minimum atomic E-state index is -0.638. The van der Waals surface area contributed by atoms with Crippen LogP contribution in [0, 0.1) is 6.92 Å². The van der Waals surface area contributed by atoms with Crippen LogP contribution < -0.4 is 21.5 Å². The number of aryl methyl sites for hydroxylation is 1. The van der Waals surface area contributed by atoms with Crippen LogP contribution in [0.25, 0.3) is 5.82 Å². The van der Waals surface area contributed by atoms with Crippen molar-refractivity contribution in [2.45, 2.75) is 25.3 Å². The maximum Gasteiger partial charge on any atom is 0.268 e. The lowest BCUT2D eigenvalue weighted by Crippen LogP contribution is -2.22. The maximum atomic E-state index is 12.1. The van der Waals surface area contributed by atoms with E-state index in [1.54, 1.807) is 23.0 Å². The molecule has 184 valence electrons. The second-order valence-electron chi connectivity index (χ2n) is 8.63. The minimum Gasteiger partial charge on any atom is -0.493 e. The van der Waals surface area contributed by atoms with Crippen LogP contribution >= 0.6 is 11.6 Å². The molecule has 0 bridgehead atoms. The summed E-state index contributed by atoms with van der Waals surface area (Å²) in [4.78, 5) is 25.9. The number of imidazole rings is 1. The molecule has 36 heavy (non-hydrogen) atoms. The van der Waals surface area contributed by atoms with Crippen molar-refractivity contribution in [3.8, 4) is 11.6 Å². The zero-order valence-corrected chi connectivity index (χ0v) is 20.4. The molecule has 0 aliphatic carbocycles. The Bertz CT molecular complexity index is 1420. The summed E-state index contributed by atoms with van der Waals surface area (Å²) in [5, 5.41) is 4.02. The van der Waals surface area contributed by atoms with Crippen LogP contribution in [0.15, 0.2) is 60.9 Å². The van der Waals surface area contributed by atoms with E-state index in [0.717, 1.165) is 28.9 Å². The van der Waals surface area contributed by atoms with Crippen molar-refractivity contribution in [2.24, 2.45) is 11.5 Å². The molecule has 0 fully saturated rings. The van der Waals surface area contributed by atoms with E-state index >= 15 is 0 Å². The van der Waals surface area contributed by atoms with Crippen LogP contribution in [-0.4, -0.2) is 38.6 Å². The number of benzene rings is 2. The van der Waals surface area contributed by atoms with Crippen molar-refractivity contribution in [3.63, 3.8) is 0 Å². The highest BCUT2D eigenvalue weighted by Crippen LogP contribution is 2.34. The van der Waals surface area contributed by atoms with E-state index in [4.69, 9.17) is 32.8 Å². The fourth-order valence-electron chi connectivity index (χ4n) is 4.44. The van der Waals surface area contributed by atoms with Gasteiger partial charge in [-0.15, -0.1) is 0 Å². The topological polar surface area (TPSA) is 134 Å². The number of hydrogen-bond acceptors (Lipinski definition) is 7. The van der Waals surface area contributed by atoms with Crippen LogP contribution in [0.3, 0.4) is 0 Å². The first-order valence-electron chi connectivity index (χ1n) is 11.6. The number of amides is 1. The van der Waals surface area contributed by atoms with Gasteiger partial charge in [0.25, 0.3) is 5.91 Å². The van der Waals surface area contributed by atoms with Crippen LogP contribution in [0.1, 0.15) is 51.4 Å². The maximum absolute atomic E-state index is 12.1. The molecule has 0 spiro atoms. The average Bonchev–Trinajstić information content (AvgIpc) is 3.31. The highest BCUT2D eigenvalue weighted by molar-refractivity contribution is 6.30. The molecule has 0 radical (unpaired) electrons. The predicted octanol–water partition coefficient (Wildman–Crippen LogP) is 3.75. The van der Waals surface area contributed by atoms with Crippen LogP contribution in [0.2, 0.25) is 5.02 Å². The molecule has 1 aliphatic heterocycles. The first-order chi connectivity index (χ1) is 17.4.